The number of aliphatic carboxylic acids is 1. The van der Waals surface area contributed by atoms with Crippen molar-refractivity contribution in [3.8, 4) is 0 Å². The molecule has 0 aliphatic heterocycles. The lowest BCUT2D eigenvalue weighted by molar-refractivity contribution is -0.142. The SMILES string of the molecule is CCNC(=O)CCNC1CCC(C(=O)O)CC1. The monoisotopic (exact) mass is 242 g/mol. The van der Waals surface area contributed by atoms with E-state index < -0.39 is 5.97 Å². The molecule has 0 aromatic rings. The van der Waals surface area contributed by atoms with Crippen LogP contribution in [-0.2, 0) is 9.59 Å². The Balaban J connectivity index is 2.10. The minimum absolute atomic E-state index is 0.0687. The van der Waals surface area contributed by atoms with Gasteiger partial charge in [0.05, 0.1) is 5.92 Å². The van der Waals surface area contributed by atoms with E-state index in [-0.39, 0.29) is 11.8 Å². The highest BCUT2D eigenvalue weighted by molar-refractivity contribution is 5.75. The third-order valence-electron chi connectivity index (χ3n) is 3.24. The van der Waals surface area contributed by atoms with Crippen LogP contribution in [0.3, 0.4) is 0 Å². The molecule has 0 saturated heterocycles. The van der Waals surface area contributed by atoms with Crippen molar-refractivity contribution in [2.24, 2.45) is 5.92 Å². The number of amides is 1. The van der Waals surface area contributed by atoms with Gasteiger partial charge in [-0.1, -0.05) is 0 Å². The third-order valence-corrected chi connectivity index (χ3v) is 3.24. The lowest BCUT2D eigenvalue weighted by atomic mass is 9.86. The summed E-state index contributed by atoms with van der Waals surface area (Å²) in [6, 6.07) is 0.375. The van der Waals surface area contributed by atoms with Crippen molar-refractivity contribution in [1.82, 2.24) is 10.6 Å². The molecular formula is C12H22N2O3. The molecule has 1 aliphatic rings. The summed E-state index contributed by atoms with van der Waals surface area (Å²) >= 11 is 0. The van der Waals surface area contributed by atoms with Gasteiger partial charge in [-0.3, -0.25) is 9.59 Å². The molecule has 5 nitrogen and oxygen atoms in total. The molecule has 0 atom stereocenters. The first-order valence-electron chi connectivity index (χ1n) is 6.36. The molecule has 1 rings (SSSR count). The predicted molar refractivity (Wildman–Crippen MR) is 64.7 cm³/mol. The molecule has 0 spiro atoms. The highest BCUT2D eigenvalue weighted by atomic mass is 16.4. The normalized spacial score (nSPS) is 24.3. The zero-order chi connectivity index (χ0) is 12.7. The van der Waals surface area contributed by atoms with Crippen LogP contribution in [0.4, 0.5) is 0 Å². The molecule has 98 valence electrons. The molecule has 0 aromatic carbocycles. The van der Waals surface area contributed by atoms with Crippen LogP contribution in [0.2, 0.25) is 0 Å². The number of hydrogen-bond acceptors (Lipinski definition) is 3. The molecule has 0 aromatic heterocycles. The van der Waals surface area contributed by atoms with Gasteiger partial charge in [0.15, 0.2) is 0 Å². The van der Waals surface area contributed by atoms with Crippen LogP contribution < -0.4 is 10.6 Å². The quantitative estimate of drug-likeness (QED) is 0.642. The Morgan fingerprint density at radius 1 is 1.24 bits per heavy atom. The van der Waals surface area contributed by atoms with Gasteiger partial charge in [0.2, 0.25) is 5.91 Å². The van der Waals surface area contributed by atoms with Gasteiger partial charge in [-0.2, -0.15) is 0 Å². The van der Waals surface area contributed by atoms with Crippen molar-refractivity contribution in [3.63, 3.8) is 0 Å². The zero-order valence-corrected chi connectivity index (χ0v) is 10.4. The minimum Gasteiger partial charge on any atom is -0.481 e. The zero-order valence-electron chi connectivity index (χ0n) is 10.4. The van der Waals surface area contributed by atoms with Crippen molar-refractivity contribution in [2.75, 3.05) is 13.1 Å². The Labute approximate surface area is 102 Å². The predicted octanol–water partition coefficient (Wildman–Crippen LogP) is 0.746. The Morgan fingerprint density at radius 3 is 2.41 bits per heavy atom. The molecule has 1 aliphatic carbocycles. The summed E-state index contributed by atoms with van der Waals surface area (Å²) in [5.74, 6) is -0.776. The second-order valence-electron chi connectivity index (χ2n) is 4.54. The molecule has 5 heteroatoms. The van der Waals surface area contributed by atoms with Gasteiger partial charge < -0.3 is 15.7 Å². The van der Waals surface area contributed by atoms with Crippen LogP contribution in [0.25, 0.3) is 0 Å². The second kappa shape index (κ2) is 7.27. The number of hydrogen-bond donors (Lipinski definition) is 3. The van der Waals surface area contributed by atoms with E-state index in [9.17, 15) is 9.59 Å². The smallest absolute Gasteiger partial charge is 0.306 e. The van der Waals surface area contributed by atoms with Gasteiger partial charge in [0.1, 0.15) is 0 Å². The molecule has 0 bridgehead atoms. The summed E-state index contributed by atoms with van der Waals surface area (Å²) in [6.07, 6.45) is 3.77. The first kappa shape index (κ1) is 14.0. The van der Waals surface area contributed by atoms with Crippen LogP contribution >= 0.6 is 0 Å². The van der Waals surface area contributed by atoms with Gasteiger partial charge in [0, 0.05) is 25.6 Å². The third kappa shape index (κ3) is 5.17. The van der Waals surface area contributed by atoms with Gasteiger partial charge in [-0.05, 0) is 32.6 Å². The fourth-order valence-electron chi connectivity index (χ4n) is 2.22. The summed E-state index contributed by atoms with van der Waals surface area (Å²) < 4.78 is 0. The number of carboxylic acids is 1. The first-order valence-corrected chi connectivity index (χ1v) is 6.36. The van der Waals surface area contributed by atoms with E-state index in [0.29, 0.717) is 25.6 Å². The molecule has 1 amide bonds. The Kier molecular flexibility index (Phi) is 5.97. The number of nitrogens with one attached hydrogen (secondary N) is 2. The molecule has 1 fully saturated rings. The number of carboxylic acid groups (broad SMARTS) is 1. The number of rotatable bonds is 6. The van der Waals surface area contributed by atoms with Gasteiger partial charge in [0.25, 0.3) is 0 Å². The summed E-state index contributed by atoms with van der Waals surface area (Å²) in [4.78, 5) is 22.0. The topological polar surface area (TPSA) is 78.4 Å². The van der Waals surface area contributed by atoms with Crippen LogP contribution in [0.5, 0.6) is 0 Å². The minimum atomic E-state index is -0.675. The fourth-order valence-corrected chi connectivity index (χ4v) is 2.22. The lowest BCUT2D eigenvalue weighted by Gasteiger charge is -2.26. The van der Waals surface area contributed by atoms with E-state index in [1.165, 1.54) is 0 Å². The summed E-state index contributed by atoms with van der Waals surface area (Å²) in [5, 5.41) is 14.9. The Morgan fingerprint density at radius 2 is 1.88 bits per heavy atom. The van der Waals surface area contributed by atoms with Crippen molar-refractivity contribution >= 4 is 11.9 Å². The van der Waals surface area contributed by atoms with Crippen molar-refractivity contribution < 1.29 is 14.7 Å². The summed E-state index contributed by atoms with van der Waals surface area (Å²) in [5.41, 5.74) is 0. The van der Waals surface area contributed by atoms with Crippen LogP contribution in [0.15, 0.2) is 0 Å². The van der Waals surface area contributed by atoms with Crippen LogP contribution in [-0.4, -0.2) is 36.1 Å². The van der Waals surface area contributed by atoms with Crippen molar-refractivity contribution in [1.29, 1.82) is 0 Å². The number of carbonyl (C=O) groups excluding carboxylic acids is 1. The Hall–Kier alpha value is -1.10. The molecule has 17 heavy (non-hydrogen) atoms. The maximum Gasteiger partial charge on any atom is 0.306 e. The highest BCUT2D eigenvalue weighted by Gasteiger charge is 2.25. The van der Waals surface area contributed by atoms with E-state index in [0.717, 1.165) is 25.7 Å². The molecule has 0 radical (unpaired) electrons. The largest absolute Gasteiger partial charge is 0.481 e. The van der Waals surface area contributed by atoms with E-state index in [1.807, 2.05) is 6.92 Å². The first-order chi connectivity index (χ1) is 8.13. The maximum atomic E-state index is 11.2. The molecule has 0 unspecified atom stereocenters. The van der Waals surface area contributed by atoms with E-state index >= 15 is 0 Å². The molecule has 1 saturated carbocycles. The van der Waals surface area contributed by atoms with Crippen molar-refractivity contribution in [3.05, 3.63) is 0 Å². The second-order valence-corrected chi connectivity index (χ2v) is 4.54. The van der Waals surface area contributed by atoms with Crippen molar-refractivity contribution in [2.45, 2.75) is 45.1 Å². The van der Waals surface area contributed by atoms with Gasteiger partial charge in [-0.25, -0.2) is 0 Å². The average Bonchev–Trinajstić information content (AvgIpc) is 2.30. The maximum absolute atomic E-state index is 11.2. The highest BCUT2D eigenvalue weighted by Crippen LogP contribution is 2.24. The summed E-state index contributed by atoms with van der Waals surface area (Å²) in [7, 11) is 0. The Bertz CT molecular complexity index is 260. The van der Waals surface area contributed by atoms with Crippen LogP contribution in [0.1, 0.15) is 39.0 Å². The fraction of sp³-hybridized carbons (Fsp3) is 0.833. The number of carbonyl (C=O) groups is 2. The van der Waals surface area contributed by atoms with Gasteiger partial charge in [-0.15, -0.1) is 0 Å². The van der Waals surface area contributed by atoms with E-state index in [4.69, 9.17) is 5.11 Å². The molecular weight excluding hydrogens is 220 g/mol. The van der Waals surface area contributed by atoms with Gasteiger partial charge >= 0.3 is 5.97 Å². The van der Waals surface area contributed by atoms with E-state index in [2.05, 4.69) is 10.6 Å². The van der Waals surface area contributed by atoms with E-state index in [1.54, 1.807) is 0 Å². The standard InChI is InChI=1S/C12H22N2O3/c1-2-13-11(15)7-8-14-10-5-3-9(4-6-10)12(16)17/h9-10,14H,2-8H2,1H3,(H,13,15)(H,16,17). The van der Waals surface area contributed by atoms with Crippen LogP contribution in [0, 0.1) is 5.92 Å². The lowest BCUT2D eigenvalue weighted by Crippen LogP contribution is -2.37. The average molecular weight is 242 g/mol. The molecule has 3 N–H and O–H groups in total. The summed E-state index contributed by atoms with van der Waals surface area (Å²) in [6.45, 7) is 3.25. The molecule has 0 heterocycles.